The molecule has 1 fully saturated rings. The van der Waals surface area contributed by atoms with Crippen LogP contribution in [0.3, 0.4) is 0 Å². The van der Waals surface area contributed by atoms with Crippen molar-refractivity contribution in [2.75, 3.05) is 19.6 Å². The molecule has 1 aromatic carbocycles. The second-order valence-electron chi connectivity index (χ2n) is 5.26. The number of hydrogen-bond acceptors (Lipinski definition) is 3. The van der Waals surface area contributed by atoms with E-state index in [2.05, 4.69) is 29.8 Å². The Hall–Kier alpha value is -1.07. The number of halogens is 1. The molecule has 0 radical (unpaired) electrons. The third kappa shape index (κ3) is 3.96. The van der Waals surface area contributed by atoms with E-state index in [9.17, 15) is 9.18 Å². The topological polar surface area (TPSA) is 32.3 Å². The van der Waals surface area contributed by atoms with E-state index < -0.39 is 5.82 Å². The molecule has 1 heterocycles. The number of amides is 1. The number of rotatable bonds is 4. The first kappa shape index (κ1) is 15.3. The largest absolute Gasteiger partial charge is 0.349 e. The molecule has 110 valence electrons. The van der Waals surface area contributed by atoms with Crippen molar-refractivity contribution in [2.45, 2.75) is 37.1 Å². The maximum Gasteiger partial charge on any atom is 0.251 e. The highest BCUT2D eigenvalue weighted by Crippen LogP contribution is 2.15. The van der Waals surface area contributed by atoms with Crippen molar-refractivity contribution < 1.29 is 9.18 Å². The Morgan fingerprint density at radius 1 is 1.45 bits per heavy atom. The van der Waals surface area contributed by atoms with Gasteiger partial charge in [-0.15, -0.1) is 12.6 Å². The number of thiol groups is 1. The summed E-state index contributed by atoms with van der Waals surface area (Å²) in [6.45, 7) is 5.36. The molecule has 20 heavy (non-hydrogen) atoms. The Labute approximate surface area is 125 Å². The molecule has 3 nitrogen and oxygen atoms in total. The molecule has 0 unspecified atom stereocenters. The third-order valence-corrected chi connectivity index (χ3v) is 4.01. The Morgan fingerprint density at radius 3 is 2.75 bits per heavy atom. The normalized spacial score (nSPS) is 17.1. The van der Waals surface area contributed by atoms with Crippen LogP contribution >= 0.6 is 12.6 Å². The van der Waals surface area contributed by atoms with Crippen molar-refractivity contribution in [2.24, 2.45) is 0 Å². The summed E-state index contributed by atoms with van der Waals surface area (Å²) in [5, 5.41) is 3.02. The highest BCUT2D eigenvalue weighted by Gasteiger charge is 2.20. The van der Waals surface area contributed by atoms with Crippen LogP contribution in [0.1, 0.15) is 36.5 Å². The van der Waals surface area contributed by atoms with Crippen molar-refractivity contribution >= 4 is 18.5 Å². The van der Waals surface area contributed by atoms with E-state index in [-0.39, 0.29) is 16.8 Å². The fourth-order valence-corrected chi connectivity index (χ4v) is 2.75. The van der Waals surface area contributed by atoms with Gasteiger partial charge in [0.15, 0.2) is 0 Å². The molecule has 0 aromatic heterocycles. The zero-order chi connectivity index (χ0) is 14.5. The second-order valence-corrected chi connectivity index (χ2v) is 5.74. The molecular weight excluding hydrogens is 275 g/mol. The molecule has 0 bridgehead atoms. The first-order valence-corrected chi connectivity index (χ1v) is 7.56. The Morgan fingerprint density at radius 2 is 2.15 bits per heavy atom. The van der Waals surface area contributed by atoms with Gasteiger partial charge in [-0.25, -0.2) is 4.39 Å². The number of likely N-dealkylation sites (tertiary alicyclic amines) is 1. The SMILES string of the molecule is CCCN1CCC(NC(=O)c2ccc(F)c(S)c2)CC1. The lowest BCUT2D eigenvalue weighted by Crippen LogP contribution is -2.44. The smallest absolute Gasteiger partial charge is 0.251 e. The average molecular weight is 296 g/mol. The summed E-state index contributed by atoms with van der Waals surface area (Å²) in [7, 11) is 0. The number of carbonyl (C=O) groups is 1. The van der Waals surface area contributed by atoms with Crippen LogP contribution in [0.2, 0.25) is 0 Å². The van der Waals surface area contributed by atoms with Crippen molar-refractivity contribution in [1.29, 1.82) is 0 Å². The molecule has 0 aliphatic carbocycles. The highest BCUT2D eigenvalue weighted by molar-refractivity contribution is 7.80. The van der Waals surface area contributed by atoms with E-state index in [0.29, 0.717) is 5.56 Å². The lowest BCUT2D eigenvalue weighted by molar-refractivity contribution is 0.0911. The quantitative estimate of drug-likeness (QED) is 0.837. The molecule has 2 rings (SSSR count). The van der Waals surface area contributed by atoms with Gasteiger partial charge in [0.1, 0.15) is 5.82 Å². The zero-order valence-corrected chi connectivity index (χ0v) is 12.6. The van der Waals surface area contributed by atoms with Gasteiger partial charge in [0.2, 0.25) is 0 Å². The van der Waals surface area contributed by atoms with E-state index in [0.717, 1.165) is 38.9 Å². The van der Waals surface area contributed by atoms with Crippen molar-refractivity contribution in [3.8, 4) is 0 Å². The Balaban J connectivity index is 1.87. The summed E-state index contributed by atoms with van der Waals surface area (Å²) in [5.74, 6) is -0.549. The molecule has 5 heteroatoms. The van der Waals surface area contributed by atoms with Crippen LogP contribution in [0.5, 0.6) is 0 Å². The van der Waals surface area contributed by atoms with Gasteiger partial charge >= 0.3 is 0 Å². The standard InChI is InChI=1S/C15H21FN2OS/c1-2-7-18-8-5-12(6-9-18)17-15(19)11-3-4-13(16)14(20)10-11/h3-4,10,12,20H,2,5-9H2,1H3,(H,17,19). The maximum atomic E-state index is 13.1. The van der Waals surface area contributed by atoms with Crippen LogP contribution in [-0.2, 0) is 0 Å². The van der Waals surface area contributed by atoms with E-state index in [1.54, 1.807) is 0 Å². The molecule has 1 amide bonds. The number of benzene rings is 1. The number of piperidine rings is 1. The molecule has 0 atom stereocenters. The van der Waals surface area contributed by atoms with Gasteiger partial charge in [0, 0.05) is 29.6 Å². The Kier molecular flexibility index (Phi) is 5.43. The van der Waals surface area contributed by atoms with Gasteiger partial charge in [-0.1, -0.05) is 6.92 Å². The van der Waals surface area contributed by atoms with Crippen LogP contribution in [-0.4, -0.2) is 36.5 Å². The number of nitrogens with one attached hydrogen (secondary N) is 1. The second kappa shape index (κ2) is 7.09. The molecule has 1 aromatic rings. The zero-order valence-electron chi connectivity index (χ0n) is 11.7. The molecule has 0 saturated carbocycles. The van der Waals surface area contributed by atoms with Crippen molar-refractivity contribution in [1.82, 2.24) is 10.2 Å². The van der Waals surface area contributed by atoms with Crippen LogP contribution in [0.4, 0.5) is 4.39 Å². The first-order chi connectivity index (χ1) is 9.60. The summed E-state index contributed by atoms with van der Waals surface area (Å²) >= 11 is 4.00. The predicted octanol–water partition coefficient (Wildman–Crippen LogP) is 2.72. The average Bonchev–Trinajstić information content (AvgIpc) is 2.44. The molecular formula is C15H21FN2OS. The summed E-state index contributed by atoms with van der Waals surface area (Å²) in [6, 6.07) is 4.46. The number of hydrogen-bond donors (Lipinski definition) is 2. The summed E-state index contributed by atoms with van der Waals surface area (Å²) < 4.78 is 13.1. The molecule has 0 spiro atoms. The maximum absolute atomic E-state index is 13.1. The lowest BCUT2D eigenvalue weighted by atomic mass is 10.0. The summed E-state index contributed by atoms with van der Waals surface area (Å²) in [4.78, 5) is 14.7. The molecule has 1 N–H and O–H groups in total. The highest BCUT2D eigenvalue weighted by atomic mass is 32.1. The van der Waals surface area contributed by atoms with Gasteiger partial charge in [-0.2, -0.15) is 0 Å². The van der Waals surface area contributed by atoms with Gasteiger partial charge < -0.3 is 10.2 Å². The number of nitrogens with zero attached hydrogens (tertiary/aromatic N) is 1. The van der Waals surface area contributed by atoms with E-state index in [1.165, 1.54) is 18.2 Å². The van der Waals surface area contributed by atoms with Crippen LogP contribution in [0, 0.1) is 5.82 Å². The van der Waals surface area contributed by atoms with Crippen molar-refractivity contribution in [3.05, 3.63) is 29.6 Å². The minimum absolute atomic E-state index is 0.144. The minimum atomic E-state index is -0.405. The van der Waals surface area contributed by atoms with E-state index >= 15 is 0 Å². The predicted molar refractivity (Wildman–Crippen MR) is 80.9 cm³/mol. The fourth-order valence-electron chi connectivity index (χ4n) is 2.54. The van der Waals surface area contributed by atoms with Crippen molar-refractivity contribution in [3.63, 3.8) is 0 Å². The van der Waals surface area contributed by atoms with E-state index in [1.807, 2.05) is 0 Å². The van der Waals surface area contributed by atoms with Crippen LogP contribution in [0.25, 0.3) is 0 Å². The van der Waals surface area contributed by atoms with E-state index in [4.69, 9.17) is 0 Å². The van der Waals surface area contributed by atoms with Gasteiger partial charge in [-0.3, -0.25) is 4.79 Å². The molecule has 1 saturated heterocycles. The Bertz CT molecular complexity index is 473. The summed E-state index contributed by atoms with van der Waals surface area (Å²) in [6.07, 6.45) is 3.11. The fraction of sp³-hybridized carbons (Fsp3) is 0.533. The van der Waals surface area contributed by atoms with Crippen LogP contribution < -0.4 is 5.32 Å². The van der Waals surface area contributed by atoms with Gasteiger partial charge in [0.25, 0.3) is 5.91 Å². The number of carbonyl (C=O) groups excluding carboxylic acids is 1. The monoisotopic (exact) mass is 296 g/mol. The van der Waals surface area contributed by atoms with Gasteiger partial charge in [-0.05, 0) is 44.0 Å². The van der Waals surface area contributed by atoms with Crippen LogP contribution in [0.15, 0.2) is 23.1 Å². The first-order valence-electron chi connectivity index (χ1n) is 7.12. The third-order valence-electron chi connectivity index (χ3n) is 3.67. The lowest BCUT2D eigenvalue weighted by Gasteiger charge is -2.32. The summed E-state index contributed by atoms with van der Waals surface area (Å²) in [5.41, 5.74) is 0.465. The minimum Gasteiger partial charge on any atom is -0.349 e. The van der Waals surface area contributed by atoms with Gasteiger partial charge in [0.05, 0.1) is 0 Å². The molecule has 1 aliphatic heterocycles. The molecule has 1 aliphatic rings.